The van der Waals surface area contributed by atoms with Crippen LogP contribution in [0.5, 0.6) is 0 Å². The first kappa shape index (κ1) is 23.1. The van der Waals surface area contributed by atoms with Crippen molar-refractivity contribution in [3.63, 3.8) is 0 Å². The van der Waals surface area contributed by atoms with Crippen molar-refractivity contribution >= 4 is 23.0 Å². The van der Waals surface area contributed by atoms with Crippen LogP contribution in [0.3, 0.4) is 0 Å². The fourth-order valence-electron chi connectivity index (χ4n) is 3.47. The average molecular weight is 437 g/mol. The van der Waals surface area contributed by atoms with Crippen LogP contribution in [-0.2, 0) is 27.2 Å². The molecule has 0 fully saturated rings. The van der Waals surface area contributed by atoms with Crippen LogP contribution in [0.4, 0.5) is 4.79 Å². The summed E-state index contributed by atoms with van der Waals surface area (Å²) in [6, 6.07) is 17.8. The monoisotopic (exact) mass is 436 g/mol. The van der Waals surface area contributed by atoms with Gasteiger partial charge < -0.3 is 19.4 Å². The molecule has 0 bridgehead atoms. The van der Waals surface area contributed by atoms with Gasteiger partial charge in [-0.2, -0.15) is 0 Å². The van der Waals surface area contributed by atoms with E-state index in [0.29, 0.717) is 6.54 Å². The van der Waals surface area contributed by atoms with Crippen LogP contribution in [0.15, 0.2) is 65.5 Å². The molecule has 3 rings (SSSR count). The van der Waals surface area contributed by atoms with E-state index < -0.39 is 23.7 Å². The molecule has 2 aromatic carbocycles. The van der Waals surface area contributed by atoms with Crippen molar-refractivity contribution in [2.45, 2.75) is 45.4 Å². The van der Waals surface area contributed by atoms with Crippen molar-refractivity contribution in [1.82, 2.24) is 9.88 Å². The maximum atomic E-state index is 12.5. The predicted molar refractivity (Wildman–Crippen MR) is 123 cm³/mol. The molecule has 0 saturated heterocycles. The topological polar surface area (TPSA) is 86.6 Å². The predicted octanol–water partition coefficient (Wildman–Crippen LogP) is 3.66. The highest BCUT2D eigenvalue weighted by molar-refractivity contribution is 5.81. The number of carbonyl (C=O) groups excluding carboxylic acids is 2. The Morgan fingerprint density at radius 3 is 2.44 bits per heavy atom. The van der Waals surface area contributed by atoms with E-state index in [4.69, 9.17) is 9.47 Å². The third-order valence-electron chi connectivity index (χ3n) is 4.85. The normalized spacial score (nSPS) is 12.2. The first-order valence-corrected chi connectivity index (χ1v) is 10.4. The number of fused-ring (bicyclic) bond motifs is 1. The van der Waals surface area contributed by atoms with Crippen molar-refractivity contribution in [2.75, 3.05) is 7.11 Å². The molecule has 3 aromatic rings. The van der Waals surface area contributed by atoms with Gasteiger partial charge in [0.05, 0.1) is 19.2 Å². The van der Waals surface area contributed by atoms with Gasteiger partial charge in [-0.05, 0) is 49.4 Å². The van der Waals surface area contributed by atoms with Crippen LogP contribution in [0, 0.1) is 0 Å². The summed E-state index contributed by atoms with van der Waals surface area (Å²) in [4.78, 5) is 36.9. The van der Waals surface area contributed by atoms with E-state index in [9.17, 15) is 14.4 Å². The van der Waals surface area contributed by atoms with Crippen molar-refractivity contribution in [3.05, 3.63) is 82.1 Å². The van der Waals surface area contributed by atoms with Gasteiger partial charge in [-0.15, -0.1) is 0 Å². The van der Waals surface area contributed by atoms with Gasteiger partial charge in [0.15, 0.2) is 0 Å². The van der Waals surface area contributed by atoms with Crippen molar-refractivity contribution < 1.29 is 19.1 Å². The van der Waals surface area contributed by atoms with E-state index in [1.54, 1.807) is 31.4 Å². The lowest BCUT2D eigenvalue weighted by Gasteiger charge is -2.22. The lowest BCUT2D eigenvalue weighted by molar-refractivity contribution is -0.143. The Hall–Kier alpha value is -3.61. The fraction of sp³-hybridized carbons (Fsp3) is 0.320. The van der Waals surface area contributed by atoms with Gasteiger partial charge in [0, 0.05) is 12.5 Å². The summed E-state index contributed by atoms with van der Waals surface area (Å²) in [7, 11) is 1.27. The number of para-hydroxylation sites is 1. The number of pyridine rings is 1. The molecule has 1 amide bonds. The Morgan fingerprint density at radius 1 is 1.00 bits per heavy atom. The Labute approximate surface area is 187 Å². The molecule has 1 N–H and O–H groups in total. The van der Waals surface area contributed by atoms with E-state index in [2.05, 4.69) is 5.32 Å². The van der Waals surface area contributed by atoms with Gasteiger partial charge in [-0.1, -0.05) is 42.5 Å². The highest BCUT2D eigenvalue weighted by Crippen LogP contribution is 2.15. The van der Waals surface area contributed by atoms with Gasteiger partial charge in [0.1, 0.15) is 11.6 Å². The lowest BCUT2D eigenvalue weighted by Crippen LogP contribution is -2.45. The van der Waals surface area contributed by atoms with E-state index in [1.807, 2.05) is 54.6 Å². The van der Waals surface area contributed by atoms with Gasteiger partial charge in [-0.3, -0.25) is 4.79 Å². The van der Waals surface area contributed by atoms with Crippen LogP contribution in [0.1, 0.15) is 31.9 Å². The number of aromatic nitrogens is 1. The maximum absolute atomic E-state index is 12.5. The number of alkyl carbamates (subject to hydrolysis) is 1. The van der Waals surface area contributed by atoms with Crippen molar-refractivity contribution in [3.8, 4) is 0 Å². The van der Waals surface area contributed by atoms with Crippen LogP contribution in [-0.4, -0.2) is 35.4 Å². The Bertz CT molecular complexity index is 1180. The van der Waals surface area contributed by atoms with Crippen LogP contribution in [0.2, 0.25) is 0 Å². The SMILES string of the molecule is COC(=O)[C@H](Cc1cccc(Cn2c(=O)ccc3ccccc32)c1)NC(=O)OC(C)(C)C. The first-order chi connectivity index (χ1) is 15.2. The number of esters is 1. The number of amides is 1. The summed E-state index contributed by atoms with van der Waals surface area (Å²) in [5.74, 6) is -0.563. The number of benzene rings is 2. The molecular weight excluding hydrogens is 408 g/mol. The minimum absolute atomic E-state index is 0.0897. The summed E-state index contributed by atoms with van der Waals surface area (Å²) in [6.07, 6.45) is -0.462. The molecule has 0 saturated carbocycles. The molecule has 168 valence electrons. The van der Waals surface area contributed by atoms with E-state index in [-0.39, 0.29) is 12.0 Å². The van der Waals surface area contributed by atoms with Crippen LogP contribution in [0.25, 0.3) is 10.9 Å². The van der Waals surface area contributed by atoms with Crippen molar-refractivity contribution in [2.24, 2.45) is 0 Å². The summed E-state index contributed by atoms with van der Waals surface area (Å²) in [5.41, 5.74) is 1.80. The lowest BCUT2D eigenvalue weighted by atomic mass is 10.0. The first-order valence-electron chi connectivity index (χ1n) is 10.4. The molecule has 7 nitrogen and oxygen atoms in total. The standard InChI is InChI=1S/C25H28N2O5/c1-25(2,3)32-24(30)26-20(23(29)31-4)15-17-8-7-9-18(14-17)16-27-21-11-6-5-10-19(21)12-13-22(27)28/h5-14,20H,15-16H2,1-4H3,(H,26,30)/t20-/m0/s1. The summed E-state index contributed by atoms with van der Waals surface area (Å²) in [6.45, 7) is 5.63. The molecule has 0 aliphatic rings. The summed E-state index contributed by atoms with van der Waals surface area (Å²) >= 11 is 0. The zero-order valence-corrected chi connectivity index (χ0v) is 18.8. The van der Waals surface area contributed by atoms with Gasteiger partial charge in [-0.25, -0.2) is 9.59 Å². The number of ether oxygens (including phenoxy) is 2. The Balaban J connectivity index is 1.82. The molecule has 7 heteroatoms. The number of nitrogens with zero attached hydrogens (tertiary/aromatic N) is 1. The molecule has 0 aliphatic carbocycles. The highest BCUT2D eigenvalue weighted by Gasteiger charge is 2.25. The Kier molecular flexibility index (Phi) is 6.98. The van der Waals surface area contributed by atoms with Crippen molar-refractivity contribution in [1.29, 1.82) is 0 Å². The van der Waals surface area contributed by atoms with Gasteiger partial charge in [0.25, 0.3) is 5.56 Å². The molecule has 0 radical (unpaired) electrons. The zero-order valence-electron chi connectivity index (χ0n) is 18.8. The molecule has 0 aliphatic heterocycles. The molecule has 0 unspecified atom stereocenters. The molecule has 1 heterocycles. The quantitative estimate of drug-likeness (QED) is 0.596. The van der Waals surface area contributed by atoms with E-state index in [1.165, 1.54) is 7.11 Å². The summed E-state index contributed by atoms with van der Waals surface area (Å²) < 4.78 is 11.8. The second-order valence-electron chi connectivity index (χ2n) is 8.56. The maximum Gasteiger partial charge on any atom is 0.408 e. The van der Waals surface area contributed by atoms with E-state index >= 15 is 0 Å². The number of rotatable bonds is 6. The third-order valence-corrected chi connectivity index (χ3v) is 4.85. The largest absolute Gasteiger partial charge is 0.467 e. The fourth-order valence-corrected chi connectivity index (χ4v) is 3.47. The second kappa shape index (κ2) is 9.68. The summed E-state index contributed by atoms with van der Waals surface area (Å²) in [5, 5.41) is 3.57. The number of carbonyl (C=O) groups is 2. The smallest absolute Gasteiger partial charge is 0.408 e. The minimum atomic E-state index is -0.898. The zero-order chi connectivity index (χ0) is 23.3. The number of hydrogen-bond donors (Lipinski definition) is 1. The number of nitrogens with one attached hydrogen (secondary N) is 1. The van der Waals surface area contributed by atoms with Crippen LogP contribution < -0.4 is 10.9 Å². The number of methoxy groups -OCH3 is 1. The highest BCUT2D eigenvalue weighted by atomic mass is 16.6. The van der Waals surface area contributed by atoms with E-state index in [0.717, 1.165) is 22.0 Å². The minimum Gasteiger partial charge on any atom is -0.467 e. The van der Waals surface area contributed by atoms with Crippen LogP contribution >= 0.6 is 0 Å². The van der Waals surface area contributed by atoms with Gasteiger partial charge >= 0.3 is 12.1 Å². The third kappa shape index (κ3) is 5.97. The average Bonchev–Trinajstić information content (AvgIpc) is 2.73. The molecule has 1 atom stereocenters. The molecule has 1 aromatic heterocycles. The van der Waals surface area contributed by atoms with Gasteiger partial charge in [0.2, 0.25) is 0 Å². The Morgan fingerprint density at radius 2 is 1.72 bits per heavy atom. The number of hydrogen-bond acceptors (Lipinski definition) is 5. The second-order valence-corrected chi connectivity index (χ2v) is 8.56. The molecule has 0 spiro atoms. The molecular formula is C25H28N2O5. The molecule has 32 heavy (non-hydrogen) atoms.